The van der Waals surface area contributed by atoms with Gasteiger partial charge in [-0.25, -0.2) is 0 Å². The molecule has 188 valence electrons. The fraction of sp³-hybridized carbons (Fsp3) is 1.00. The second kappa shape index (κ2) is 29.9. The molecule has 0 rings (SSSR count). The fourth-order valence-corrected chi connectivity index (χ4v) is 4.38. The van der Waals surface area contributed by atoms with Gasteiger partial charge in [-0.3, -0.25) is 0 Å². The minimum absolute atomic E-state index is 0.358. The zero-order valence-electron chi connectivity index (χ0n) is 21.2. The molecule has 0 aliphatic carbocycles. The van der Waals surface area contributed by atoms with Crippen LogP contribution in [-0.2, 0) is 0 Å². The van der Waals surface area contributed by atoms with Gasteiger partial charge in [0.1, 0.15) is 0 Å². The molecule has 0 saturated heterocycles. The van der Waals surface area contributed by atoms with E-state index in [1.54, 1.807) is 0 Å². The highest BCUT2D eigenvalue weighted by molar-refractivity contribution is 4.53. The van der Waals surface area contributed by atoms with Crippen molar-refractivity contribution < 1.29 is 10.2 Å². The van der Waals surface area contributed by atoms with Gasteiger partial charge in [0.05, 0.1) is 0 Å². The predicted molar refractivity (Wildman–Crippen MR) is 138 cm³/mol. The van der Waals surface area contributed by atoms with Crippen molar-refractivity contribution in [2.45, 2.75) is 154 Å². The third kappa shape index (κ3) is 29.9. The van der Waals surface area contributed by atoms with Crippen LogP contribution in [0.3, 0.4) is 0 Å². The highest BCUT2D eigenvalue weighted by Crippen LogP contribution is 2.14. The van der Waals surface area contributed by atoms with Crippen LogP contribution in [0.25, 0.3) is 0 Å². The maximum absolute atomic E-state index is 8.75. The maximum Gasteiger partial charge on any atom is 0.0431 e. The van der Waals surface area contributed by atoms with E-state index in [2.05, 4.69) is 5.32 Å². The number of rotatable bonds is 28. The number of nitrogens with one attached hydrogen (secondary N) is 1. The summed E-state index contributed by atoms with van der Waals surface area (Å²) < 4.78 is 0. The van der Waals surface area contributed by atoms with E-state index in [9.17, 15) is 0 Å². The summed E-state index contributed by atoms with van der Waals surface area (Å²) >= 11 is 0. The first kappa shape index (κ1) is 30.9. The first-order valence-corrected chi connectivity index (χ1v) is 14.3. The third-order valence-electron chi connectivity index (χ3n) is 6.52. The Morgan fingerprint density at radius 3 is 0.677 bits per heavy atom. The molecule has 0 spiro atoms. The molecule has 0 aromatic carbocycles. The summed E-state index contributed by atoms with van der Waals surface area (Å²) in [7, 11) is 0. The van der Waals surface area contributed by atoms with E-state index in [4.69, 9.17) is 10.2 Å². The zero-order valence-corrected chi connectivity index (χ0v) is 21.2. The van der Waals surface area contributed by atoms with Crippen molar-refractivity contribution in [1.29, 1.82) is 0 Å². The normalized spacial score (nSPS) is 11.4. The minimum Gasteiger partial charge on any atom is -0.396 e. The van der Waals surface area contributed by atoms with Crippen LogP contribution in [0.4, 0.5) is 0 Å². The lowest BCUT2D eigenvalue weighted by Crippen LogP contribution is -2.16. The zero-order chi connectivity index (χ0) is 22.5. The monoisotopic (exact) mass is 441 g/mol. The molecule has 0 unspecified atom stereocenters. The summed E-state index contributed by atoms with van der Waals surface area (Å²) in [5.74, 6) is 0. The Morgan fingerprint density at radius 1 is 0.258 bits per heavy atom. The Labute approximate surface area is 196 Å². The molecule has 0 aromatic heterocycles. The van der Waals surface area contributed by atoms with Gasteiger partial charge in [-0.05, 0) is 38.8 Å². The van der Waals surface area contributed by atoms with Gasteiger partial charge in [0.15, 0.2) is 0 Å². The minimum atomic E-state index is 0.358. The van der Waals surface area contributed by atoms with Crippen LogP contribution < -0.4 is 5.32 Å². The Kier molecular flexibility index (Phi) is 29.8. The first-order chi connectivity index (χ1) is 15.4. The Bertz CT molecular complexity index is 271. The predicted octanol–water partition coefficient (Wildman–Crippen LogP) is 7.92. The number of aliphatic hydroxyl groups is 2. The first-order valence-electron chi connectivity index (χ1n) is 14.3. The van der Waals surface area contributed by atoms with Gasteiger partial charge in [-0.2, -0.15) is 0 Å². The lowest BCUT2D eigenvalue weighted by Gasteiger charge is -2.05. The van der Waals surface area contributed by atoms with E-state index in [1.807, 2.05) is 0 Å². The van der Waals surface area contributed by atoms with Gasteiger partial charge in [0.25, 0.3) is 0 Å². The molecule has 0 aliphatic rings. The molecular formula is C28H59NO2. The summed E-state index contributed by atoms with van der Waals surface area (Å²) in [5.41, 5.74) is 0. The topological polar surface area (TPSA) is 52.5 Å². The maximum atomic E-state index is 8.75. The van der Waals surface area contributed by atoms with Crippen molar-refractivity contribution in [2.75, 3.05) is 26.3 Å². The fourth-order valence-electron chi connectivity index (χ4n) is 4.38. The highest BCUT2D eigenvalue weighted by Gasteiger charge is 1.96. The van der Waals surface area contributed by atoms with E-state index in [0.717, 1.165) is 12.8 Å². The van der Waals surface area contributed by atoms with Crippen LogP contribution >= 0.6 is 0 Å². The van der Waals surface area contributed by atoms with E-state index in [-0.39, 0.29) is 0 Å². The van der Waals surface area contributed by atoms with Gasteiger partial charge in [-0.1, -0.05) is 128 Å². The lowest BCUT2D eigenvalue weighted by atomic mass is 10.0. The van der Waals surface area contributed by atoms with Crippen LogP contribution in [0, 0.1) is 0 Å². The highest BCUT2D eigenvalue weighted by atomic mass is 16.3. The SMILES string of the molecule is OCCCCCCCCCCCCCCCCCCCCNCCCCCCCCO. The van der Waals surface area contributed by atoms with Gasteiger partial charge >= 0.3 is 0 Å². The third-order valence-corrected chi connectivity index (χ3v) is 6.52. The Hall–Kier alpha value is -0.120. The van der Waals surface area contributed by atoms with Crippen molar-refractivity contribution in [2.24, 2.45) is 0 Å². The largest absolute Gasteiger partial charge is 0.396 e. The van der Waals surface area contributed by atoms with Gasteiger partial charge in [0, 0.05) is 13.2 Å². The van der Waals surface area contributed by atoms with Gasteiger partial charge in [-0.15, -0.1) is 0 Å². The average Bonchev–Trinajstić information content (AvgIpc) is 2.78. The summed E-state index contributed by atoms with van der Waals surface area (Å²) in [6.45, 7) is 3.11. The second-order valence-corrected chi connectivity index (χ2v) is 9.68. The molecule has 3 heteroatoms. The van der Waals surface area contributed by atoms with Crippen molar-refractivity contribution in [3.63, 3.8) is 0 Å². The molecule has 3 N–H and O–H groups in total. The molecular weight excluding hydrogens is 382 g/mol. The number of aliphatic hydroxyl groups excluding tert-OH is 2. The second-order valence-electron chi connectivity index (χ2n) is 9.68. The van der Waals surface area contributed by atoms with E-state index in [1.165, 1.54) is 154 Å². The van der Waals surface area contributed by atoms with Crippen LogP contribution in [0.1, 0.15) is 154 Å². The van der Waals surface area contributed by atoms with Crippen LogP contribution in [0.5, 0.6) is 0 Å². The smallest absolute Gasteiger partial charge is 0.0431 e. The summed E-state index contributed by atoms with van der Waals surface area (Å²) in [5, 5.41) is 21.1. The molecule has 0 bridgehead atoms. The van der Waals surface area contributed by atoms with Crippen molar-refractivity contribution in [3.05, 3.63) is 0 Å². The molecule has 0 atom stereocenters. The van der Waals surface area contributed by atoms with Crippen LogP contribution in [0.2, 0.25) is 0 Å². The van der Waals surface area contributed by atoms with Gasteiger partial charge < -0.3 is 15.5 Å². The molecule has 0 aromatic rings. The standard InChI is InChI=1S/C28H59NO2/c30-27-23-19-15-12-10-8-6-4-2-1-3-5-7-9-11-13-17-21-25-29-26-22-18-14-16-20-24-28-31/h29-31H,1-28H2. The molecule has 0 saturated carbocycles. The lowest BCUT2D eigenvalue weighted by molar-refractivity contribution is 0.282. The van der Waals surface area contributed by atoms with Gasteiger partial charge in [0.2, 0.25) is 0 Å². The number of hydrogen-bond acceptors (Lipinski definition) is 3. The molecule has 31 heavy (non-hydrogen) atoms. The molecule has 0 heterocycles. The average molecular weight is 442 g/mol. The van der Waals surface area contributed by atoms with Crippen LogP contribution in [0.15, 0.2) is 0 Å². The molecule has 3 nitrogen and oxygen atoms in total. The van der Waals surface area contributed by atoms with E-state index in [0.29, 0.717) is 13.2 Å². The van der Waals surface area contributed by atoms with Crippen molar-refractivity contribution >= 4 is 0 Å². The number of hydrogen-bond donors (Lipinski definition) is 3. The summed E-state index contributed by atoms with van der Waals surface area (Å²) in [6, 6.07) is 0. The number of unbranched alkanes of at least 4 members (excludes halogenated alkanes) is 22. The van der Waals surface area contributed by atoms with Crippen molar-refractivity contribution in [3.8, 4) is 0 Å². The molecule has 0 aliphatic heterocycles. The van der Waals surface area contributed by atoms with Crippen molar-refractivity contribution in [1.82, 2.24) is 5.32 Å². The summed E-state index contributed by atoms with van der Waals surface area (Å²) in [4.78, 5) is 0. The van der Waals surface area contributed by atoms with E-state index < -0.39 is 0 Å². The van der Waals surface area contributed by atoms with E-state index >= 15 is 0 Å². The molecule has 0 fully saturated rings. The molecule has 0 amide bonds. The quantitative estimate of drug-likeness (QED) is 0.108. The summed E-state index contributed by atoms with van der Waals surface area (Å²) in [6.07, 6.45) is 32.3. The Balaban J connectivity index is 2.98. The Morgan fingerprint density at radius 2 is 0.452 bits per heavy atom. The van der Waals surface area contributed by atoms with Crippen LogP contribution in [-0.4, -0.2) is 36.5 Å². The molecule has 0 radical (unpaired) electrons.